The number of anilines is 2. The Hall–Kier alpha value is -2.68. The number of likely N-dealkylation sites (N-methyl/N-ethyl adjacent to an activating group) is 1. The van der Waals surface area contributed by atoms with Gasteiger partial charge in [-0.15, -0.1) is 0 Å². The minimum absolute atomic E-state index is 0.0372. The lowest BCUT2D eigenvalue weighted by atomic mass is 9.98. The summed E-state index contributed by atoms with van der Waals surface area (Å²) in [5.41, 5.74) is 0.0317. The second kappa shape index (κ2) is 6.69. The van der Waals surface area contributed by atoms with Gasteiger partial charge in [0.2, 0.25) is 0 Å². The standard InChI is InChI=1S/C20H24F2N4O3/c1-10-6-26-12(7-23(10)3)8-25(9-15(27)28)19-18(26)13-5-14(21)11(2)16(22)17(13)24(4)20(19)29/h5,10,12H,6-9H2,1-4H3,(H,27,28). The zero-order valence-electron chi connectivity index (χ0n) is 16.9. The van der Waals surface area contributed by atoms with Gasteiger partial charge < -0.3 is 19.5 Å². The van der Waals surface area contributed by atoms with E-state index in [0.29, 0.717) is 30.7 Å². The highest BCUT2D eigenvalue weighted by Gasteiger charge is 2.40. The van der Waals surface area contributed by atoms with Crippen LogP contribution < -0.4 is 15.4 Å². The van der Waals surface area contributed by atoms with Crippen LogP contribution in [0.15, 0.2) is 10.9 Å². The summed E-state index contributed by atoms with van der Waals surface area (Å²) in [6.45, 7) is 4.63. The summed E-state index contributed by atoms with van der Waals surface area (Å²) in [7, 11) is 3.42. The Balaban J connectivity index is 2.09. The molecular formula is C20H24F2N4O3. The lowest BCUT2D eigenvalue weighted by Gasteiger charge is -2.51. The maximum Gasteiger partial charge on any atom is 0.323 e. The molecule has 0 aliphatic carbocycles. The highest BCUT2D eigenvalue weighted by atomic mass is 19.1. The van der Waals surface area contributed by atoms with Crippen molar-refractivity contribution in [2.45, 2.75) is 25.9 Å². The summed E-state index contributed by atoms with van der Waals surface area (Å²) < 4.78 is 30.7. The van der Waals surface area contributed by atoms with Gasteiger partial charge in [0, 0.05) is 43.7 Å². The number of hydrogen-bond acceptors (Lipinski definition) is 5. The van der Waals surface area contributed by atoms with Gasteiger partial charge in [0.1, 0.15) is 18.0 Å². The molecule has 4 rings (SSSR count). The van der Waals surface area contributed by atoms with Gasteiger partial charge in [-0.2, -0.15) is 0 Å². The fourth-order valence-electron chi connectivity index (χ4n) is 4.54. The van der Waals surface area contributed by atoms with Crippen LogP contribution in [0.2, 0.25) is 0 Å². The van der Waals surface area contributed by atoms with Crippen molar-refractivity contribution in [2.24, 2.45) is 7.05 Å². The van der Waals surface area contributed by atoms with E-state index >= 15 is 4.39 Å². The van der Waals surface area contributed by atoms with Crippen molar-refractivity contribution < 1.29 is 18.7 Å². The van der Waals surface area contributed by atoms with Crippen molar-refractivity contribution in [3.8, 4) is 0 Å². The van der Waals surface area contributed by atoms with Gasteiger partial charge in [-0.25, -0.2) is 8.78 Å². The fourth-order valence-corrected chi connectivity index (χ4v) is 4.54. The van der Waals surface area contributed by atoms with E-state index in [4.69, 9.17) is 0 Å². The van der Waals surface area contributed by atoms with Crippen molar-refractivity contribution in [2.75, 3.05) is 43.0 Å². The Morgan fingerprint density at radius 2 is 1.90 bits per heavy atom. The van der Waals surface area contributed by atoms with Crippen molar-refractivity contribution in [1.82, 2.24) is 9.47 Å². The second-order valence-electron chi connectivity index (χ2n) is 8.12. The number of pyridine rings is 1. The van der Waals surface area contributed by atoms with Gasteiger partial charge in [-0.05, 0) is 27.0 Å². The first-order valence-electron chi connectivity index (χ1n) is 9.56. The van der Waals surface area contributed by atoms with E-state index in [1.807, 2.05) is 18.9 Å². The number of hydrogen-bond donors (Lipinski definition) is 1. The molecular weight excluding hydrogens is 382 g/mol. The molecule has 2 unspecified atom stereocenters. The number of rotatable bonds is 2. The Bertz CT molecular complexity index is 1080. The molecule has 1 aromatic heterocycles. The average molecular weight is 406 g/mol. The van der Waals surface area contributed by atoms with Gasteiger partial charge in [0.05, 0.1) is 17.2 Å². The van der Waals surface area contributed by atoms with Crippen molar-refractivity contribution >= 4 is 28.2 Å². The lowest BCUT2D eigenvalue weighted by Crippen LogP contribution is -2.63. The number of fused-ring (bicyclic) bond motifs is 5. The number of halogens is 2. The number of carbonyl (C=O) groups is 1. The van der Waals surface area contributed by atoms with E-state index in [1.165, 1.54) is 24.9 Å². The van der Waals surface area contributed by atoms with E-state index in [0.717, 1.165) is 4.57 Å². The molecule has 0 spiro atoms. The van der Waals surface area contributed by atoms with Crippen LogP contribution in [0.3, 0.4) is 0 Å². The summed E-state index contributed by atoms with van der Waals surface area (Å²) in [5, 5.41) is 9.68. The maximum absolute atomic E-state index is 15.0. The molecule has 1 aromatic carbocycles. The molecule has 3 heterocycles. The van der Waals surface area contributed by atoms with Crippen molar-refractivity contribution in [3.05, 3.63) is 33.6 Å². The number of aliphatic carboxylic acids is 1. The van der Waals surface area contributed by atoms with Crippen LogP contribution >= 0.6 is 0 Å². The van der Waals surface area contributed by atoms with Gasteiger partial charge >= 0.3 is 5.97 Å². The first-order valence-corrected chi connectivity index (χ1v) is 9.56. The molecule has 0 saturated carbocycles. The quantitative estimate of drug-likeness (QED) is 0.816. The zero-order chi connectivity index (χ0) is 21.2. The Morgan fingerprint density at radius 3 is 2.55 bits per heavy atom. The number of carboxylic acid groups (broad SMARTS) is 1. The summed E-state index contributed by atoms with van der Waals surface area (Å²) in [4.78, 5) is 30.4. The number of aryl methyl sites for hydroxylation is 1. The number of aromatic nitrogens is 1. The van der Waals surface area contributed by atoms with Crippen LogP contribution in [-0.4, -0.2) is 65.9 Å². The molecule has 2 atom stereocenters. The van der Waals surface area contributed by atoms with Gasteiger partial charge in [-0.1, -0.05) is 0 Å². The van der Waals surface area contributed by atoms with E-state index < -0.39 is 23.2 Å². The molecule has 0 bridgehead atoms. The largest absolute Gasteiger partial charge is 0.480 e. The summed E-state index contributed by atoms with van der Waals surface area (Å²) in [6, 6.07) is 1.34. The second-order valence-corrected chi connectivity index (χ2v) is 8.12. The third-order valence-electron chi connectivity index (χ3n) is 6.26. The Labute approximate surface area is 166 Å². The van der Waals surface area contributed by atoms with Crippen LogP contribution in [0, 0.1) is 18.6 Å². The number of piperazine rings is 1. The lowest BCUT2D eigenvalue weighted by molar-refractivity contribution is -0.135. The molecule has 2 aromatic rings. The van der Waals surface area contributed by atoms with Crippen molar-refractivity contribution in [3.63, 3.8) is 0 Å². The molecule has 2 aliphatic rings. The van der Waals surface area contributed by atoms with Crippen LogP contribution in [0.4, 0.5) is 20.2 Å². The predicted octanol–water partition coefficient (Wildman–Crippen LogP) is 1.54. The molecule has 2 aliphatic heterocycles. The van der Waals surface area contributed by atoms with E-state index in [1.54, 1.807) is 0 Å². The fraction of sp³-hybridized carbons (Fsp3) is 0.500. The minimum atomic E-state index is -1.06. The Morgan fingerprint density at radius 1 is 1.21 bits per heavy atom. The highest BCUT2D eigenvalue weighted by Crippen LogP contribution is 2.41. The number of nitrogens with zero attached hydrogens (tertiary/aromatic N) is 4. The van der Waals surface area contributed by atoms with E-state index in [-0.39, 0.29) is 35.4 Å². The SMILES string of the molecule is Cc1c(F)cc2c3c(c(=O)n(C)c2c1F)N(CC(=O)O)CC1CN(C)C(C)CN31. The molecule has 1 saturated heterocycles. The molecule has 9 heteroatoms. The number of carboxylic acids is 1. The minimum Gasteiger partial charge on any atom is -0.480 e. The molecule has 0 amide bonds. The predicted molar refractivity (Wildman–Crippen MR) is 107 cm³/mol. The van der Waals surface area contributed by atoms with E-state index in [2.05, 4.69) is 4.90 Å². The van der Waals surface area contributed by atoms with Crippen molar-refractivity contribution in [1.29, 1.82) is 0 Å². The van der Waals surface area contributed by atoms with Crippen LogP contribution in [0.5, 0.6) is 0 Å². The third-order valence-corrected chi connectivity index (χ3v) is 6.26. The molecule has 156 valence electrons. The summed E-state index contributed by atoms with van der Waals surface area (Å²) in [6.07, 6.45) is 0. The van der Waals surface area contributed by atoms with Gasteiger partial charge in [0.15, 0.2) is 5.82 Å². The smallest absolute Gasteiger partial charge is 0.323 e. The monoisotopic (exact) mass is 406 g/mol. The summed E-state index contributed by atoms with van der Waals surface area (Å²) in [5.74, 6) is -2.52. The molecule has 29 heavy (non-hydrogen) atoms. The number of benzene rings is 1. The van der Waals surface area contributed by atoms with E-state index in [9.17, 15) is 19.1 Å². The molecule has 7 nitrogen and oxygen atoms in total. The summed E-state index contributed by atoms with van der Waals surface area (Å²) >= 11 is 0. The first kappa shape index (κ1) is 19.6. The third kappa shape index (κ3) is 2.87. The van der Waals surface area contributed by atoms with Crippen LogP contribution in [0.25, 0.3) is 10.9 Å². The zero-order valence-corrected chi connectivity index (χ0v) is 16.9. The maximum atomic E-state index is 15.0. The topological polar surface area (TPSA) is 69.0 Å². The molecule has 1 N–H and O–H groups in total. The van der Waals surface area contributed by atoms with Gasteiger partial charge in [0.25, 0.3) is 5.56 Å². The Kier molecular flexibility index (Phi) is 4.53. The average Bonchev–Trinajstić information content (AvgIpc) is 2.64. The van der Waals surface area contributed by atoms with Gasteiger partial charge in [-0.3, -0.25) is 14.5 Å². The normalized spacial score (nSPS) is 22.0. The first-order chi connectivity index (χ1) is 13.6. The molecule has 1 fully saturated rings. The molecule has 0 radical (unpaired) electrons. The van der Waals surface area contributed by atoms with Crippen LogP contribution in [-0.2, 0) is 11.8 Å². The highest BCUT2D eigenvalue weighted by molar-refractivity contribution is 6.01. The van der Waals surface area contributed by atoms with Crippen LogP contribution in [0.1, 0.15) is 12.5 Å².